The molecule has 0 aromatic heterocycles. The summed E-state index contributed by atoms with van der Waals surface area (Å²) in [4.78, 5) is 0. The zero-order chi connectivity index (χ0) is 27.1. The van der Waals surface area contributed by atoms with Gasteiger partial charge in [-0.25, -0.2) is 0 Å². The van der Waals surface area contributed by atoms with E-state index in [-0.39, 0.29) is 13.2 Å². The van der Waals surface area contributed by atoms with E-state index in [0.29, 0.717) is 0 Å². The molecule has 0 bridgehead atoms. The highest BCUT2D eigenvalue weighted by molar-refractivity contribution is 5.14. The number of hydrogen-bond donors (Lipinski definition) is 5. The predicted octanol–water partition coefficient (Wildman–Crippen LogP) is -0.294. The van der Waals surface area contributed by atoms with Crippen molar-refractivity contribution in [1.29, 1.82) is 0 Å². The molecule has 0 spiro atoms. The number of benzene rings is 2. The van der Waals surface area contributed by atoms with Gasteiger partial charge in [0.1, 0.15) is 48.8 Å². The zero-order valence-electron chi connectivity index (χ0n) is 21.1. The lowest BCUT2D eigenvalue weighted by Crippen LogP contribution is -2.65. The molecule has 0 saturated carbocycles. The van der Waals surface area contributed by atoms with Crippen LogP contribution in [-0.4, -0.2) is 107 Å². The van der Waals surface area contributed by atoms with Crippen LogP contribution in [0.4, 0.5) is 0 Å². The van der Waals surface area contributed by atoms with Crippen molar-refractivity contribution in [3.63, 3.8) is 0 Å². The van der Waals surface area contributed by atoms with Gasteiger partial charge in [0.15, 0.2) is 12.6 Å². The van der Waals surface area contributed by atoms with Crippen molar-refractivity contribution in [1.82, 2.24) is 0 Å². The molecule has 4 rings (SSSR count). The largest absolute Gasteiger partial charge is 0.394 e. The van der Waals surface area contributed by atoms with Crippen molar-refractivity contribution in [2.75, 3.05) is 20.3 Å². The minimum absolute atomic E-state index is 0.156. The van der Waals surface area contributed by atoms with Crippen LogP contribution in [0, 0.1) is 0 Å². The summed E-state index contributed by atoms with van der Waals surface area (Å²) in [7, 11) is 1.42. The first-order valence-corrected chi connectivity index (χ1v) is 12.5. The van der Waals surface area contributed by atoms with Crippen LogP contribution in [0.2, 0.25) is 0 Å². The molecule has 2 saturated heterocycles. The third-order valence-electron chi connectivity index (χ3n) is 6.71. The third-order valence-corrected chi connectivity index (χ3v) is 6.71. The Morgan fingerprint density at radius 3 is 1.68 bits per heavy atom. The SMILES string of the molecule is CO[C@H]1O[C@H](CO)[C@@H](OCc2ccccc2)[C@H](O[C@@H]2O[C@H](CO)[C@@H](O)[C@H](O)[C@H]2O)[C@H]1OCc1ccccc1. The number of rotatable bonds is 11. The highest BCUT2D eigenvalue weighted by atomic mass is 16.7. The second kappa shape index (κ2) is 13.9. The first-order valence-electron chi connectivity index (χ1n) is 12.5. The number of aliphatic hydroxyl groups is 5. The number of aliphatic hydroxyl groups excluding tert-OH is 5. The summed E-state index contributed by atoms with van der Waals surface area (Å²) in [6.45, 7) is -0.721. The van der Waals surface area contributed by atoms with Gasteiger partial charge >= 0.3 is 0 Å². The minimum atomic E-state index is -1.64. The summed E-state index contributed by atoms with van der Waals surface area (Å²) in [6, 6.07) is 18.8. The van der Waals surface area contributed by atoms with Crippen LogP contribution in [0.3, 0.4) is 0 Å². The smallest absolute Gasteiger partial charge is 0.187 e. The average molecular weight is 537 g/mol. The van der Waals surface area contributed by atoms with Crippen molar-refractivity contribution in [2.45, 2.75) is 74.6 Å². The van der Waals surface area contributed by atoms with E-state index in [4.69, 9.17) is 28.4 Å². The van der Waals surface area contributed by atoms with Gasteiger partial charge in [-0.2, -0.15) is 0 Å². The molecule has 5 N–H and O–H groups in total. The van der Waals surface area contributed by atoms with Crippen molar-refractivity contribution in [3.8, 4) is 0 Å². The molecule has 2 heterocycles. The van der Waals surface area contributed by atoms with Crippen molar-refractivity contribution < 1.29 is 54.0 Å². The van der Waals surface area contributed by atoms with E-state index in [0.717, 1.165) is 11.1 Å². The first kappa shape index (κ1) is 29.0. The lowest BCUT2D eigenvalue weighted by atomic mass is 9.96. The van der Waals surface area contributed by atoms with Crippen LogP contribution in [0.5, 0.6) is 0 Å². The maximum Gasteiger partial charge on any atom is 0.187 e. The fourth-order valence-electron chi connectivity index (χ4n) is 4.62. The van der Waals surface area contributed by atoms with Gasteiger partial charge in [0.25, 0.3) is 0 Å². The molecule has 2 fully saturated rings. The number of methoxy groups -OCH3 is 1. The third kappa shape index (κ3) is 6.76. The molecule has 0 radical (unpaired) electrons. The summed E-state index contributed by atoms with van der Waals surface area (Å²) in [6.07, 6.45) is -12.2. The molecular formula is C27H36O11. The Morgan fingerprint density at radius 2 is 1.16 bits per heavy atom. The molecule has 0 aliphatic carbocycles. The molecule has 11 heteroatoms. The highest BCUT2D eigenvalue weighted by Crippen LogP contribution is 2.33. The van der Waals surface area contributed by atoms with Gasteiger partial charge < -0.3 is 54.0 Å². The summed E-state index contributed by atoms with van der Waals surface area (Å²) < 4.78 is 35.7. The van der Waals surface area contributed by atoms with E-state index >= 15 is 0 Å². The Morgan fingerprint density at radius 1 is 0.632 bits per heavy atom. The average Bonchev–Trinajstić information content (AvgIpc) is 2.96. The fourth-order valence-corrected chi connectivity index (χ4v) is 4.62. The van der Waals surface area contributed by atoms with Gasteiger partial charge in [-0.05, 0) is 11.1 Å². The number of hydrogen-bond acceptors (Lipinski definition) is 11. The molecule has 38 heavy (non-hydrogen) atoms. The van der Waals surface area contributed by atoms with Crippen molar-refractivity contribution in [3.05, 3.63) is 71.8 Å². The van der Waals surface area contributed by atoms with Crippen LogP contribution < -0.4 is 0 Å². The van der Waals surface area contributed by atoms with E-state index in [9.17, 15) is 25.5 Å². The van der Waals surface area contributed by atoms with E-state index < -0.39 is 74.6 Å². The second-order valence-corrected chi connectivity index (χ2v) is 9.28. The summed E-state index contributed by atoms with van der Waals surface area (Å²) in [5, 5.41) is 50.9. The Balaban J connectivity index is 1.62. The Labute approximate surface area is 221 Å². The van der Waals surface area contributed by atoms with Crippen LogP contribution in [0.1, 0.15) is 11.1 Å². The molecule has 11 nitrogen and oxygen atoms in total. The first-order chi connectivity index (χ1) is 18.5. The van der Waals surface area contributed by atoms with Crippen LogP contribution in [0.25, 0.3) is 0 Å². The van der Waals surface area contributed by atoms with Gasteiger partial charge in [0.05, 0.1) is 26.4 Å². The number of ether oxygens (including phenoxy) is 6. The Bertz CT molecular complexity index is 889. The van der Waals surface area contributed by atoms with Crippen molar-refractivity contribution in [2.24, 2.45) is 0 Å². The Hall–Kier alpha value is -2.00. The van der Waals surface area contributed by atoms with E-state index in [2.05, 4.69) is 0 Å². The predicted molar refractivity (Wildman–Crippen MR) is 131 cm³/mol. The molecule has 0 unspecified atom stereocenters. The Kier molecular flexibility index (Phi) is 10.6. The second-order valence-electron chi connectivity index (χ2n) is 9.28. The normalized spacial score (nSPS) is 35.7. The quantitative estimate of drug-likeness (QED) is 0.257. The molecule has 2 aliphatic rings. The lowest BCUT2D eigenvalue weighted by Gasteiger charge is -2.48. The zero-order valence-corrected chi connectivity index (χ0v) is 21.1. The minimum Gasteiger partial charge on any atom is -0.394 e. The summed E-state index contributed by atoms with van der Waals surface area (Å²) in [5.74, 6) is 0. The van der Waals surface area contributed by atoms with E-state index in [1.165, 1.54) is 7.11 Å². The summed E-state index contributed by atoms with van der Waals surface area (Å²) in [5.41, 5.74) is 1.74. The highest BCUT2D eigenvalue weighted by Gasteiger charge is 2.52. The monoisotopic (exact) mass is 536 g/mol. The van der Waals surface area contributed by atoms with Crippen LogP contribution >= 0.6 is 0 Å². The van der Waals surface area contributed by atoms with Crippen molar-refractivity contribution >= 4 is 0 Å². The van der Waals surface area contributed by atoms with Gasteiger partial charge in [-0.3, -0.25) is 0 Å². The van der Waals surface area contributed by atoms with Gasteiger partial charge in [-0.15, -0.1) is 0 Å². The molecule has 10 atom stereocenters. The van der Waals surface area contributed by atoms with Crippen LogP contribution in [-0.2, 0) is 41.6 Å². The van der Waals surface area contributed by atoms with Gasteiger partial charge in [-0.1, -0.05) is 60.7 Å². The fraction of sp³-hybridized carbons (Fsp3) is 0.556. The topological polar surface area (TPSA) is 157 Å². The molecule has 210 valence electrons. The molecular weight excluding hydrogens is 500 g/mol. The molecule has 2 aromatic carbocycles. The molecule has 0 amide bonds. The van der Waals surface area contributed by atoms with Gasteiger partial charge in [0, 0.05) is 7.11 Å². The van der Waals surface area contributed by atoms with E-state index in [1.54, 1.807) is 0 Å². The maximum atomic E-state index is 10.7. The standard InChI is InChI=1S/C27H36O11/c1-33-27-25(35-15-17-10-6-3-7-11-17)24(38-26-22(32)21(31)20(30)18(12-28)36-26)23(19(13-29)37-27)34-14-16-8-4-2-5-9-16/h2-11,18-32H,12-15H2,1H3/t18-,19-,20-,21+,22-,23-,24+,25-,26+,27+/m1/s1. The maximum absolute atomic E-state index is 10.7. The molecule has 2 aromatic rings. The lowest BCUT2D eigenvalue weighted by molar-refractivity contribution is -0.367. The van der Waals surface area contributed by atoms with Crippen LogP contribution in [0.15, 0.2) is 60.7 Å². The van der Waals surface area contributed by atoms with Gasteiger partial charge in [0.2, 0.25) is 0 Å². The van der Waals surface area contributed by atoms with E-state index in [1.807, 2.05) is 60.7 Å². The molecule has 2 aliphatic heterocycles. The summed E-state index contributed by atoms with van der Waals surface area (Å²) >= 11 is 0.